The van der Waals surface area contributed by atoms with Crippen LogP contribution in [0.4, 0.5) is 14.2 Å². The Morgan fingerprint density at radius 2 is 2.00 bits per heavy atom. The number of anilines is 1. The van der Waals surface area contributed by atoms with E-state index in [0.717, 1.165) is 9.18 Å². The van der Waals surface area contributed by atoms with Crippen molar-refractivity contribution in [1.29, 1.82) is 0 Å². The highest BCUT2D eigenvalue weighted by molar-refractivity contribution is 7.89. The molecule has 0 aliphatic carbocycles. The summed E-state index contributed by atoms with van der Waals surface area (Å²) >= 11 is 1.44. The Morgan fingerprint density at radius 1 is 1.24 bits per heavy atom. The predicted octanol–water partition coefficient (Wildman–Crippen LogP) is 3.05. The normalized spacial score (nSPS) is 25.4. The minimum atomic E-state index is -3.91. The lowest BCUT2D eigenvalue weighted by Gasteiger charge is -2.44. The molecule has 2 amide bonds. The molecule has 1 aromatic carbocycles. The average molecular weight is 440 g/mol. The summed E-state index contributed by atoms with van der Waals surface area (Å²) in [6.07, 6.45) is -1.59. The molecule has 156 valence electrons. The van der Waals surface area contributed by atoms with Gasteiger partial charge in [0.1, 0.15) is 0 Å². The maximum Gasteiger partial charge on any atom is 0.322 e. The van der Waals surface area contributed by atoms with E-state index in [1.165, 1.54) is 28.4 Å². The molecule has 2 saturated heterocycles. The van der Waals surface area contributed by atoms with Crippen molar-refractivity contribution in [3.63, 3.8) is 0 Å². The minimum absolute atomic E-state index is 0.0666. The molecule has 10 heteroatoms. The van der Waals surface area contributed by atoms with E-state index in [1.54, 1.807) is 24.3 Å². The molecule has 7 nitrogen and oxygen atoms in total. The number of carbonyl (C=O) groups is 1. The third kappa shape index (κ3) is 3.65. The van der Waals surface area contributed by atoms with Gasteiger partial charge in [0.25, 0.3) is 0 Å². The Morgan fingerprint density at radius 3 is 2.66 bits per heavy atom. The van der Waals surface area contributed by atoms with Gasteiger partial charge >= 0.3 is 6.03 Å². The highest BCUT2D eigenvalue weighted by Gasteiger charge is 2.57. The van der Waals surface area contributed by atoms with Gasteiger partial charge in [0.2, 0.25) is 10.0 Å². The summed E-state index contributed by atoms with van der Waals surface area (Å²) in [5.41, 5.74) is -1.58. The molecule has 2 atom stereocenters. The van der Waals surface area contributed by atoms with Gasteiger partial charge in [-0.1, -0.05) is 18.2 Å². The zero-order chi connectivity index (χ0) is 20.6. The number of piperidine rings is 1. The van der Waals surface area contributed by atoms with Crippen LogP contribution in [0.15, 0.2) is 47.4 Å². The molecule has 1 N–H and O–H groups in total. The number of sulfonamides is 1. The fraction of sp³-hybridized carbons (Fsp3) is 0.421. The predicted molar refractivity (Wildman–Crippen MR) is 108 cm³/mol. The Bertz CT molecular complexity index is 998. The zero-order valence-corrected chi connectivity index (χ0v) is 17.5. The van der Waals surface area contributed by atoms with Crippen LogP contribution in [0.5, 0.6) is 0 Å². The van der Waals surface area contributed by atoms with Crippen molar-refractivity contribution >= 4 is 32.4 Å². The molecule has 2 aliphatic heterocycles. The number of amides is 2. The summed E-state index contributed by atoms with van der Waals surface area (Å²) in [4.78, 5) is 15.0. The smallest absolute Gasteiger partial charge is 0.322 e. The van der Waals surface area contributed by atoms with Crippen LogP contribution >= 0.6 is 11.3 Å². The lowest BCUT2D eigenvalue weighted by molar-refractivity contribution is -0.134. The standard InChI is InChI=1S/C19H22FN3O4S2/c1-14-7-8-17(28-14)21-18(24)22-10-9-19(16(20)13-22)23(11-12-27-19)29(25,26)15-5-3-2-4-6-15/h2-8,16H,9-13H2,1H3,(H,21,24). The number of likely N-dealkylation sites (tertiary alicyclic amines) is 1. The SMILES string of the molecule is Cc1ccc(NC(=O)N2CCC3(OCCN3S(=O)(=O)c3ccccc3)C(F)C2)s1. The van der Waals surface area contributed by atoms with E-state index in [4.69, 9.17) is 4.74 Å². The quantitative estimate of drug-likeness (QED) is 0.797. The first-order chi connectivity index (χ1) is 13.8. The van der Waals surface area contributed by atoms with Gasteiger partial charge in [-0.3, -0.25) is 5.32 Å². The molecule has 0 radical (unpaired) electrons. The van der Waals surface area contributed by atoms with Crippen LogP contribution in [0.2, 0.25) is 0 Å². The summed E-state index contributed by atoms with van der Waals surface area (Å²) in [6.45, 7) is 2.08. The molecule has 1 spiro atoms. The molecule has 4 rings (SSSR count). The van der Waals surface area contributed by atoms with E-state index in [1.807, 2.05) is 13.0 Å². The maximum atomic E-state index is 15.3. The number of thiophene rings is 1. The molecule has 2 fully saturated rings. The second-order valence-electron chi connectivity index (χ2n) is 7.09. The van der Waals surface area contributed by atoms with Gasteiger partial charge in [0.05, 0.1) is 23.0 Å². The van der Waals surface area contributed by atoms with Crippen molar-refractivity contribution in [3.8, 4) is 0 Å². The molecule has 0 saturated carbocycles. The highest BCUT2D eigenvalue weighted by Crippen LogP contribution is 2.40. The summed E-state index contributed by atoms with van der Waals surface area (Å²) < 4.78 is 48.3. The van der Waals surface area contributed by atoms with Crippen molar-refractivity contribution in [1.82, 2.24) is 9.21 Å². The number of urea groups is 1. The largest absolute Gasteiger partial charge is 0.355 e. The van der Waals surface area contributed by atoms with E-state index in [2.05, 4.69) is 5.32 Å². The van der Waals surface area contributed by atoms with Gasteiger partial charge in [0.15, 0.2) is 11.9 Å². The summed E-state index contributed by atoms with van der Waals surface area (Å²) in [5, 5.41) is 3.45. The molecule has 2 aliphatic rings. The summed E-state index contributed by atoms with van der Waals surface area (Å²) in [5.74, 6) is 0. The van der Waals surface area contributed by atoms with Crippen LogP contribution in [0.25, 0.3) is 0 Å². The Hall–Kier alpha value is -2.01. The summed E-state index contributed by atoms with van der Waals surface area (Å²) in [7, 11) is -3.91. The van der Waals surface area contributed by atoms with Crippen molar-refractivity contribution in [2.24, 2.45) is 0 Å². The monoisotopic (exact) mass is 439 g/mol. The first-order valence-corrected chi connectivity index (χ1v) is 11.6. The molecule has 0 bridgehead atoms. The van der Waals surface area contributed by atoms with Gasteiger partial charge in [0, 0.05) is 24.4 Å². The minimum Gasteiger partial charge on any atom is -0.355 e. The number of rotatable bonds is 3. The number of aryl methyl sites for hydroxylation is 1. The van der Waals surface area contributed by atoms with Crippen molar-refractivity contribution in [3.05, 3.63) is 47.3 Å². The second-order valence-corrected chi connectivity index (χ2v) is 10.2. The fourth-order valence-electron chi connectivity index (χ4n) is 3.80. The van der Waals surface area contributed by atoms with Gasteiger partial charge in [-0.15, -0.1) is 11.3 Å². The fourth-order valence-corrected chi connectivity index (χ4v) is 6.30. The van der Waals surface area contributed by atoms with Gasteiger partial charge in [-0.25, -0.2) is 17.6 Å². The van der Waals surface area contributed by atoms with E-state index in [0.29, 0.717) is 5.00 Å². The summed E-state index contributed by atoms with van der Waals surface area (Å²) in [6, 6.07) is 11.2. The number of hydrogen-bond donors (Lipinski definition) is 1. The number of nitrogens with zero attached hydrogens (tertiary/aromatic N) is 2. The Labute approximate surface area is 173 Å². The Kier molecular flexibility index (Phi) is 5.36. The average Bonchev–Trinajstić information content (AvgIpc) is 3.32. The first-order valence-electron chi connectivity index (χ1n) is 9.31. The molecular formula is C19H22FN3O4S2. The number of hydrogen-bond acceptors (Lipinski definition) is 5. The van der Waals surface area contributed by atoms with Crippen LogP contribution < -0.4 is 5.32 Å². The van der Waals surface area contributed by atoms with E-state index in [9.17, 15) is 13.2 Å². The topological polar surface area (TPSA) is 79.0 Å². The number of ether oxygens (including phenoxy) is 1. The molecule has 29 heavy (non-hydrogen) atoms. The molecule has 3 heterocycles. The number of nitrogens with one attached hydrogen (secondary N) is 1. The third-order valence-electron chi connectivity index (χ3n) is 5.27. The van der Waals surface area contributed by atoms with Crippen LogP contribution in [-0.4, -0.2) is 61.8 Å². The highest BCUT2D eigenvalue weighted by atomic mass is 32.2. The lowest BCUT2D eigenvalue weighted by atomic mass is 9.99. The maximum absolute atomic E-state index is 15.3. The number of benzene rings is 1. The Balaban J connectivity index is 1.51. The lowest BCUT2D eigenvalue weighted by Crippen LogP contribution is -2.63. The molecular weight excluding hydrogens is 417 g/mol. The van der Waals surface area contributed by atoms with Gasteiger partial charge in [-0.05, 0) is 31.2 Å². The molecule has 2 unspecified atom stereocenters. The van der Waals surface area contributed by atoms with E-state index in [-0.39, 0.29) is 37.6 Å². The molecule has 1 aromatic heterocycles. The van der Waals surface area contributed by atoms with Crippen LogP contribution in [0.1, 0.15) is 11.3 Å². The first kappa shape index (κ1) is 20.3. The van der Waals surface area contributed by atoms with Crippen molar-refractivity contribution in [2.45, 2.75) is 30.1 Å². The van der Waals surface area contributed by atoms with Gasteiger partial charge < -0.3 is 9.64 Å². The van der Waals surface area contributed by atoms with E-state index < -0.39 is 28.0 Å². The number of halogens is 1. The number of carbonyl (C=O) groups excluding carboxylic acids is 1. The van der Waals surface area contributed by atoms with Crippen molar-refractivity contribution in [2.75, 3.05) is 31.6 Å². The molecule has 2 aromatic rings. The zero-order valence-electron chi connectivity index (χ0n) is 15.9. The second kappa shape index (κ2) is 7.67. The van der Waals surface area contributed by atoms with Crippen LogP contribution in [0.3, 0.4) is 0 Å². The third-order valence-corrected chi connectivity index (χ3v) is 8.12. The van der Waals surface area contributed by atoms with E-state index >= 15 is 4.39 Å². The van der Waals surface area contributed by atoms with Crippen molar-refractivity contribution < 1.29 is 22.3 Å². The van der Waals surface area contributed by atoms with Gasteiger partial charge in [-0.2, -0.15) is 4.31 Å². The number of alkyl halides is 1. The van der Waals surface area contributed by atoms with Crippen LogP contribution in [0, 0.1) is 6.92 Å². The van der Waals surface area contributed by atoms with Crippen LogP contribution in [-0.2, 0) is 14.8 Å².